The Labute approximate surface area is 136 Å². The van der Waals surface area contributed by atoms with Crippen LogP contribution < -0.4 is 0 Å². The van der Waals surface area contributed by atoms with Crippen LogP contribution in [0.5, 0.6) is 0 Å². The van der Waals surface area contributed by atoms with Crippen LogP contribution >= 0.6 is 15.9 Å². The van der Waals surface area contributed by atoms with Gasteiger partial charge in [0, 0.05) is 6.42 Å². The topological polar surface area (TPSA) is 20.2 Å². The average molecular weight is 357 g/mol. The van der Waals surface area contributed by atoms with Gasteiger partial charge in [-0.05, 0) is 70.6 Å². The second-order valence-corrected chi connectivity index (χ2v) is 8.12. The first-order chi connectivity index (χ1) is 9.76. The average Bonchev–Trinajstić information content (AvgIpc) is 2.43. The highest BCUT2D eigenvalue weighted by Crippen LogP contribution is 2.44. The van der Waals surface area contributed by atoms with Crippen molar-refractivity contribution in [3.8, 4) is 0 Å². The first kappa shape index (κ1) is 17.0. The third-order valence-electron chi connectivity index (χ3n) is 5.45. The first-order valence-corrected chi connectivity index (χ1v) is 8.71. The van der Waals surface area contributed by atoms with E-state index in [1.165, 1.54) is 12.5 Å². The highest BCUT2D eigenvalue weighted by atomic mass is 79.9. The Kier molecular flexibility index (Phi) is 5.15. The van der Waals surface area contributed by atoms with Crippen molar-refractivity contribution >= 4 is 15.9 Å². The summed E-state index contributed by atoms with van der Waals surface area (Å²) in [6, 6.07) is 5.03. The maximum Gasteiger partial charge on any atom is 0.137 e. The maximum atomic E-state index is 13.3. The summed E-state index contributed by atoms with van der Waals surface area (Å²) in [5.74, 6) is 0.446. The van der Waals surface area contributed by atoms with Crippen molar-refractivity contribution < 1.29 is 9.50 Å². The molecule has 118 valence electrons. The minimum atomic E-state index is -0.627. The van der Waals surface area contributed by atoms with Gasteiger partial charge in [-0.1, -0.05) is 33.3 Å². The van der Waals surface area contributed by atoms with Crippen LogP contribution in [0.4, 0.5) is 4.39 Å². The lowest BCUT2D eigenvalue weighted by atomic mass is 9.65. The fourth-order valence-electron chi connectivity index (χ4n) is 3.43. The minimum Gasteiger partial charge on any atom is -0.390 e. The Hall–Kier alpha value is -0.410. The van der Waals surface area contributed by atoms with Gasteiger partial charge < -0.3 is 5.11 Å². The van der Waals surface area contributed by atoms with Crippen LogP contribution in [0.15, 0.2) is 22.7 Å². The van der Waals surface area contributed by atoms with E-state index >= 15 is 0 Å². The van der Waals surface area contributed by atoms with Crippen molar-refractivity contribution in [2.24, 2.45) is 11.3 Å². The Bertz CT molecular complexity index is 490. The van der Waals surface area contributed by atoms with E-state index in [1.807, 2.05) is 0 Å². The smallest absolute Gasteiger partial charge is 0.137 e. The molecule has 0 aromatic heterocycles. The van der Waals surface area contributed by atoms with Crippen molar-refractivity contribution in [3.05, 3.63) is 34.1 Å². The lowest BCUT2D eigenvalue weighted by molar-refractivity contribution is -0.0276. The van der Waals surface area contributed by atoms with Gasteiger partial charge in [-0.25, -0.2) is 4.39 Å². The van der Waals surface area contributed by atoms with Gasteiger partial charge in [-0.3, -0.25) is 0 Å². The highest BCUT2D eigenvalue weighted by Gasteiger charge is 2.38. The van der Waals surface area contributed by atoms with Crippen LogP contribution in [0.2, 0.25) is 0 Å². The molecule has 2 rings (SSSR count). The SMILES string of the molecule is CCC(C)(C)C1CCC(O)(Cc2ccc(F)c(Br)c2)CC1. The molecule has 1 aliphatic carbocycles. The lowest BCUT2D eigenvalue weighted by Crippen LogP contribution is -2.39. The molecule has 0 spiro atoms. The number of hydrogen-bond acceptors (Lipinski definition) is 1. The summed E-state index contributed by atoms with van der Waals surface area (Å²) >= 11 is 3.22. The van der Waals surface area contributed by atoms with Crippen LogP contribution in [0.25, 0.3) is 0 Å². The van der Waals surface area contributed by atoms with E-state index < -0.39 is 5.60 Å². The molecular formula is C18H26BrFO. The molecule has 0 radical (unpaired) electrons. The zero-order chi connectivity index (χ0) is 15.7. The number of aliphatic hydroxyl groups is 1. The van der Waals surface area contributed by atoms with Gasteiger partial charge in [0.15, 0.2) is 0 Å². The Morgan fingerprint density at radius 1 is 1.33 bits per heavy atom. The third kappa shape index (κ3) is 4.07. The Morgan fingerprint density at radius 3 is 2.48 bits per heavy atom. The molecule has 0 aliphatic heterocycles. The van der Waals surface area contributed by atoms with Gasteiger partial charge in [0.1, 0.15) is 5.82 Å². The molecule has 0 amide bonds. The van der Waals surface area contributed by atoms with E-state index in [2.05, 4.69) is 36.7 Å². The van der Waals surface area contributed by atoms with Crippen molar-refractivity contribution in [3.63, 3.8) is 0 Å². The summed E-state index contributed by atoms with van der Waals surface area (Å²) in [5, 5.41) is 10.8. The van der Waals surface area contributed by atoms with Gasteiger partial charge >= 0.3 is 0 Å². The number of benzene rings is 1. The van der Waals surface area contributed by atoms with Crippen LogP contribution in [-0.4, -0.2) is 10.7 Å². The van der Waals surface area contributed by atoms with E-state index in [9.17, 15) is 9.50 Å². The largest absolute Gasteiger partial charge is 0.390 e. The quantitative estimate of drug-likeness (QED) is 0.756. The number of hydrogen-bond donors (Lipinski definition) is 1. The van der Waals surface area contributed by atoms with E-state index in [0.29, 0.717) is 22.2 Å². The van der Waals surface area contributed by atoms with E-state index in [0.717, 1.165) is 31.2 Å². The van der Waals surface area contributed by atoms with Gasteiger partial charge in [-0.15, -0.1) is 0 Å². The summed E-state index contributed by atoms with van der Waals surface area (Å²) in [4.78, 5) is 0. The Morgan fingerprint density at radius 2 is 1.95 bits per heavy atom. The van der Waals surface area contributed by atoms with Crippen LogP contribution in [-0.2, 0) is 6.42 Å². The zero-order valence-electron chi connectivity index (χ0n) is 13.3. The molecule has 1 N–H and O–H groups in total. The predicted octanol–water partition coefficient (Wildman–Crippen LogP) is 5.49. The second-order valence-electron chi connectivity index (χ2n) is 7.27. The minimum absolute atomic E-state index is 0.251. The summed E-state index contributed by atoms with van der Waals surface area (Å²) in [7, 11) is 0. The second kappa shape index (κ2) is 6.37. The molecule has 1 aromatic carbocycles. The molecule has 1 fully saturated rings. The fraction of sp³-hybridized carbons (Fsp3) is 0.667. The van der Waals surface area contributed by atoms with E-state index in [-0.39, 0.29) is 5.82 Å². The molecule has 1 aromatic rings. The lowest BCUT2D eigenvalue weighted by Gasteiger charge is -2.42. The molecule has 3 heteroatoms. The summed E-state index contributed by atoms with van der Waals surface area (Å²) in [5.41, 5.74) is 0.733. The van der Waals surface area contributed by atoms with Gasteiger partial charge in [0.05, 0.1) is 10.1 Å². The van der Waals surface area contributed by atoms with Gasteiger partial charge in [-0.2, -0.15) is 0 Å². The molecule has 1 aliphatic rings. The van der Waals surface area contributed by atoms with Crippen LogP contribution in [0, 0.1) is 17.2 Å². The molecular weight excluding hydrogens is 331 g/mol. The standard InChI is InChI=1S/C18H26BrFO/c1-4-17(2,3)14-7-9-18(21,10-8-14)12-13-5-6-16(20)15(19)11-13/h5-6,11,14,21H,4,7-10,12H2,1-3H3. The molecule has 0 saturated heterocycles. The maximum absolute atomic E-state index is 13.3. The third-order valence-corrected chi connectivity index (χ3v) is 6.06. The van der Waals surface area contributed by atoms with Crippen LogP contribution in [0.3, 0.4) is 0 Å². The molecule has 0 bridgehead atoms. The molecule has 21 heavy (non-hydrogen) atoms. The zero-order valence-corrected chi connectivity index (χ0v) is 14.8. The van der Waals surface area contributed by atoms with Crippen molar-refractivity contribution in [1.29, 1.82) is 0 Å². The van der Waals surface area contributed by atoms with E-state index in [1.54, 1.807) is 12.1 Å². The Balaban J connectivity index is 2.00. The molecule has 1 nitrogen and oxygen atoms in total. The molecule has 0 heterocycles. The molecule has 0 unspecified atom stereocenters. The monoisotopic (exact) mass is 356 g/mol. The normalized spacial score (nSPS) is 26.9. The van der Waals surface area contributed by atoms with Crippen molar-refractivity contribution in [1.82, 2.24) is 0 Å². The number of rotatable bonds is 4. The van der Waals surface area contributed by atoms with Gasteiger partial charge in [0.25, 0.3) is 0 Å². The summed E-state index contributed by atoms with van der Waals surface area (Å²) in [6.07, 6.45) is 5.65. The molecule has 1 saturated carbocycles. The molecule has 0 atom stereocenters. The summed E-state index contributed by atoms with van der Waals surface area (Å²) in [6.45, 7) is 6.91. The van der Waals surface area contributed by atoms with Gasteiger partial charge in [0.2, 0.25) is 0 Å². The predicted molar refractivity (Wildman–Crippen MR) is 88.8 cm³/mol. The number of halogens is 2. The fourth-order valence-corrected chi connectivity index (χ4v) is 3.86. The van der Waals surface area contributed by atoms with Crippen molar-refractivity contribution in [2.45, 2.75) is 64.9 Å². The van der Waals surface area contributed by atoms with Crippen molar-refractivity contribution in [2.75, 3.05) is 0 Å². The first-order valence-electron chi connectivity index (χ1n) is 7.92. The van der Waals surface area contributed by atoms with E-state index in [4.69, 9.17) is 0 Å². The highest BCUT2D eigenvalue weighted by molar-refractivity contribution is 9.10. The van der Waals surface area contributed by atoms with Crippen LogP contribution in [0.1, 0.15) is 58.4 Å². The summed E-state index contributed by atoms with van der Waals surface area (Å²) < 4.78 is 13.8.